The highest BCUT2D eigenvalue weighted by Gasteiger charge is 2.14. The van der Waals surface area contributed by atoms with Crippen molar-refractivity contribution in [3.8, 4) is 0 Å². The summed E-state index contributed by atoms with van der Waals surface area (Å²) in [7, 11) is 0. The van der Waals surface area contributed by atoms with Crippen LogP contribution in [0.1, 0.15) is 43.9 Å². The summed E-state index contributed by atoms with van der Waals surface area (Å²) in [6, 6.07) is 0. The van der Waals surface area contributed by atoms with Gasteiger partial charge in [0.15, 0.2) is 0 Å². The van der Waals surface area contributed by atoms with Gasteiger partial charge in [-0.3, -0.25) is 0 Å². The molecule has 0 unspecified atom stereocenters. The maximum atomic E-state index is 6.10. The molecule has 102 valence electrons. The number of nitrogens with one attached hydrogen (secondary N) is 1. The Labute approximate surface area is 117 Å². The van der Waals surface area contributed by atoms with Crippen molar-refractivity contribution in [1.29, 1.82) is 0 Å². The Balaban J connectivity index is 2.13. The smallest absolute Gasteiger partial charge is 0.213 e. The zero-order valence-electron chi connectivity index (χ0n) is 11.3. The van der Waals surface area contributed by atoms with Crippen molar-refractivity contribution in [2.45, 2.75) is 39.7 Å². The van der Waals surface area contributed by atoms with Crippen LogP contribution in [-0.2, 0) is 13.0 Å². The number of oxazole rings is 1. The zero-order chi connectivity index (χ0) is 13.8. The van der Waals surface area contributed by atoms with E-state index < -0.39 is 0 Å². The molecular weight excluding hydrogens is 264 g/mol. The molecule has 0 bridgehead atoms. The largest absolute Gasteiger partial charge is 0.444 e. The Morgan fingerprint density at radius 2 is 2.11 bits per heavy atom. The summed E-state index contributed by atoms with van der Waals surface area (Å²) in [6.45, 7) is 6.61. The molecule has 0 fully saturated rings. The van der Waals surface area contributed by atoms with Crippen LogP contribution >= 0.6 is 11.6 Å². The van der Waals surface area contributed by atoms with Gasteiger partial charge in [-0.2, -0.15) is 0 Å². The lowest BCUT2D eigenvalue weighted by Gasteiger charge is -2.13. The normalized spacial score (nSPS) is 11.0. The van der Waals surface area contributed by atoms with Gasteiger partial charge in [0.25, 0.3) is 0 Å². The first-order valence-electron chi connectivity index (χ1n) is 6.29. The first-order valence-corrected chi connectivity index (χ1v) is 6.67. The van der Waals surface area contributed by atoms with Gasteiger partial charge in [-0.15, -0.1) is 0 Å². The lowest BCUT2D eigenvalue weighted by molar-refractivity contribution is 0.465. The summed E-state index contributed by atoms with van der Waals surface area (Å²) in [4.78, 5) is 12.4. The van der Waals surface area contributed by atoms with Crippen LogP contribution in [0.5, 0.6) is 0 Å². The van der Waals surface area contributed by atoms with Crippen LogP contribution in [-0.4, -0.2) is 15.0 Å². The maximum Gasteiger partial charge on any atom is 0.213 e. The molecule has 0 saturated carbocycles. The standard InChI is InChI=1S/C13H17ClN4O/c1-4-9-5-15-10(19-9)6-16-13-11(8(2)3)12(14)17-7-18-13/h5,7-8H,4,6H2,1-3H3,(H,16,17,18). The van der Waals surface area contributed by atoms with E-state index in [4.69, 9.17) is 16.0 Å². The fraction of sp³-hybridized carbons (Fsp3) is 0.462. The third kappa shape index (κ3) is 3.23. The topological polar surface area (TPSA) is 63.8 Å². The molecule has 0 spiro atoms. The van der Waals surface area contributed by atoms with Gasteiger partial charge in [0, 0.05) is 12.0 Å². The molecule has 2 rings (SSSR count). The molecule has 1 N–H and O–H groups in total. The molecule has 2 aromatic heterocycles. The summed E-state index contributed by atoms with van der Waals surface area (Å²) in [5.41, 5.74) is 0.909. The lowest BCUT2D eigenvalue weighted by Crippen LogP contribution is -2.07. The Bertz CT molecular complexity index is 553. The predicted molar refractivity (Wildman–Crippen MR) is 74.3 cm³/mol. The summed E-state index contributed by atoms with van der Waals surface area (Å²) in [6.07, 6.45) is 4.03. The fourth-order valence-corrected chi connectivity index (χ4v) is 2.13. The minimum Gasteiger partial charge on any atom is -0.444 e. The third-order valence-corrected chi connectivity index (χ3v) is 3.07. The second-order valence-corrected chi connectivity index (χ2v) is 4.87. The van der Waals surface area contributed by atoms with Crippen molar-refractivity contribution in [2.24, 2.45) is 0 Å². The number of hydrogen-bond donors (Lipinski definition) is 1. The van der Waals surface area contributed by atoms with Gasteiger partial charge in [0.05, 0.1) is 12.7 Å². The average Bonchev–Trinajstić information content (AvgIpc) is 2.83. The maximum absolute atomic E-state index is 6.10. The molecule has 0 aromatic carbocycles. The molecule has 0 aliphatic heterocycles. The molecule has 0 aliphatic carbocycles. The van der Waals surface area contributed by atoms with Gasteiger partial charge in [-0.1, -0.05) is 32.4 Å². The highest BCUT2D eigenvalue weighted by atomic mass is 35.5. The summed E-state index contributed by atoms with van der Waals surface area (Å²) >= 11 is 6.10. The van der Waals surface area contributed by atoms with Crippen molar-refractivity contribution in [1.82, 2.24) is 15.0 Å². The highest BCUT2D eigenvalue weighted by molar-refractivity contribution is 6.30. The van der Waals surface area contributed by atoms with Crippen molar-refractivity contribution in [3.05, 3.63) is 34.9 Å². The number of aromatic nitrogens is 3. The van der Waals surface area contributed by atoms with Crippen molar-refractivity contribution < 1.29 is 4.42 Å². The van der Waals surface area contributed by atoms with E-state index in [2.05, 4.69) is 34.1 Å². The lowest BCUT2D eigenvalue weighted by atomic mass is 10.1. The SMILES string of the molecule is CCc1cnc(CNc2ncnc(Cl)c2C(C)C)o1. The molecule has 0 aliphatic rings. The summed E-state index contributed by atoms with van der Waals surface area (Å²) in [5.74, 6) is 2.49. The molecule has 5 nitrogen and oxygen atoms in total. The van der Waals surface area contributed by atoms with Gasteiger partial charge in [0.2, 0.25) is 5.89 Å². The summed E-state index contributed by atoms with van der Waals surface area (Å²) < 4.78 is 5.54. The number of anilines is 1. The van der Waals surface area contributed by atoms with Gasteiger partial charge >= 0.3 is 0 Å². The first-order chi connectivity index (χ1) is 9.11. The number of halogens is 1. The van der Waals surface area contributed by atoms with Crippen LogP contribution in [0.3, 0.4) is 0 Å². The van der Waals surface area contributed by atoms with Crippen molar-refractivity contribution in [3.63, 3.8) is 0 Å². The van der Waals surface area contributed by atoms with E-state index in [-0.39, 0.29) is 5.92 Å². The molecule has 2 aromatic rings. The monoisotopic (exact) mass is 280 g/mol. The molecular formula is C13H17ClN4O. The Morgan fingerprint density at radius 3 is 2.74 bits per heavy atom. The second kappa shape index (κ2) is 6.02. The van der Waals surface area contributed by atoms with E-state index in [0.29, 0.717) is 17.6 Å². The minimum absolute atomic E-state index is 0.243. The van der Waals surface area contributed by atoms with Crippen LogP contribution in [0.25, 0.3) is 0 Å². The van der Waals surface area contributed by atoms with Gasteiger partial charge in [-0.25, -0.2) is 15.0 Å². The van der Waals surface area contributed by atoms with Crippen LogP contribution < -0.4 is 5.32 Å². The molecule has 19 heavy (non-hydrogen) atoms. The van der Waals surface area contributed by atoms with E-state index in [1.165, 1.54) is 6.33 Å². The van der Waals surface area contributed by atoms with E-state index in [1.807, 2.05) is 6.92 Å². The number of nitrogens with zero attached hydrogens (tertiary/aromatic N) is 3. The van der Waals surface area contributed by atoms with Crippen LogP contribution in [0.2, 0.25) is 5.15 Å². The zero-order valence-corrected chi connectivity index (χ0v) is 12.0. The van der Waals surface area contributed by atoms with Crippen molar-refractivity contribution in [2.75, 3.05) is 5.32 Å². The van der Waals surface area contributed by atoms with Gasteiger partial charge in [0.1, 0.15) is 23.1 Å². The molecule has 0 radical (unpaired) electrons. The second-order valence-electron chi connectivity index (χ2n) is 4.51. The van der Waals surface area contributed by atoms with E-state index >= 15 is 0 Å². The summed E-state index contributed by atoms with van der Waals surface area (Å²) in [5, 5.41) is 3.68. The highest BCUT2D eigenvalue weighted by Crippen LogP contribution is 2.28. The first kappa shape index (κ1) is 13.8. The minimum atomic E-state index is 0.243. The molecule has 0 saturated heterocycles. The molecule has 2 heterocycles. The predicted octanol–water partition coefficient (Wildman–Crippen LogP) is 3.42. The van der Waals surface area contributed by atoms with Crippen molar-refractivity contribution >= 4 is 17.4 Å². The molecule has 0 atom stereocenters. The Hall–Kier alpha value is -1.62. The number of hydrogen-bond acceptors (Lipinski definition) is 5. The fourth-order valence-electron chi connectivity index (χ4n) is 1.78. The number of rotatable bonds is 5. The van der Waals surface area contributed by atoms with E-state index in [0.717, 1.165) is 23.6 Å². The van der Waals surface area contributed by atoms with Crippen LogP contribution in [0.15, 0.2) is 16.9 Å². The van der Waals surface area contributed by atoms with Crippen LogP contribution in [0.4, 0.5) is 5.82 Å². The molecule has 6 heteroatoms. The van der Waals surface area contributed by atoms with Gasteiger partial charge < -0.3 is 9.73 Å². The third-order valence-electron chi connectivity index (χ3n) is 2.77. The van der Waals surface area contributed by atoms with Gasteiger partial charge in [-0.05, 0) is 5.92 Å². The molecule has 0 amide bonds. The van der Waals surface area contributed by atoms with E-state index in [1.54, 1.807) is 6.20 Å². The van der Waals surface area contributed by atoms with E-state index in [9.17, 15) is 0 Å². The average molecular weight is 281 g/mol. The van der Waals surface area contributed by atoms with Crippen LogP contribution in [0, 0.1) is 0 Å². The number of aryl methyl sites for hydroxylation is 1. The Morgan fingerprint density at radius 1 is 1.32 bits per heavy atom. The quantitative estimate of drug-likeness (QED) is 0.850. The Kier molecular flexibility index (Phi) is 4.37.